The highest BCUT2D eigenvalue weighted by Gasteiger charge is 2.14. The molecule has 5 heteroatoms. The predicted molar refractivity (Wildman–Crippen MR) is 48.0 cm³/mol. The molecule has 0 fully saturated rings. The average molecular weight is 207 g/mol. The van der Waals surface area contributed by atoms with Gasteiger partial charge in [-0.05, 0) is 13.0 Å². The van der Waals surface area contributed by atoms with E-state index < -0.39 is 12.1 Å². The van der Waals surface area contributed by atoms with E-state index in [4.69, 9.17) is 10.5 Å². The number of rotatable bonds is 2. The molecule has 1 aromatic rings. The van der Waals surface area contributed by atoms with Crippen molar-refractivity contribution >= 4 is 0 Å². The minimum atomic E-state index is -2.70. The quantitative estimate of drug-likeness (QED) is 0.747. The van der Waals surface area contributed by atoms with Crippen LogP contribution in [0, 0.1) is 29.6 Å². The molecule has 1 aromatic heterocycles. The fraction of sp³-hybridized carbons (Fsp3) is 0.300. The molecule has 1 heterocycles. The van der Waals surface area contributed by atoms with Gasteiger partial charge in [0, 0.05) is 11.3 Å². The topological polar surface area (TPSA) is 60.5 Å². The lowest BCUT2D eigenvalue weighted by Crippen LogP contribution is -2.01. The first kappa shape index (κ1) is 11.1. The third-order valence-electron chi connectivity index (χ3n) is 1.95. The summed E-state index contributed by atoms with van der Waals surface area (Å²) in [6, 6.07) is 4.69. The Labute approximate surface area is 85.6 Å². The molecule has 1 rings (SSSR count). The van der Waals surface area contributed by atoms with Crippen LogP contribution in [0.25, 0.3) is 0 Å². The minimum absolute atomic E-state index is 0.00520. The summed E-state index contributed by atoms with van der Waals surface area (Å²) in [6.07, 6.45) is -2.70. The maximum atomic E-state index is 12.3. The Morgan fingerprint density at radius 3 is 2.60 bits per heavy atom. The number of aryl methyl sites for hydroxylation is 1. The largest absolute Gasteiger partial charge is 0.280 e. The molecule has 15 heavy (non-hydrogen) atoms. The van der Waals surface area contributed by atoms with Crippen molar-refractivity contribution in [3.8, 4) is 12.1 Å². The second-order valence-electron chi connectivity index (χ2n) is 2.91. The van der Waals surface area contributed by atoms with Gasteiger partial charge in [-0.2, -0.15) is 10.5 Å². The summed E-state index contributed by atoms with van der Waals surface area (Å²) >= 11 is 0. The van der Waals surface area contributed by atoms with Crippen LogP contribution in [0.4, 0.5) is 8.78 Å². The maximum Gasteiger partial charge on any atom is 0.280 e. The standard InChI is InChI=1S/C10H7F2N3/c1-6-8(2-3-13)7(5-14)4-9(15-6)10(11)12/h4,10H,2H2,1H3. The summed E-state index contributed by atoms with van der Waals surface area (Å²) in [5.74, 6) is 0. The van der Waals surface area contributed by atoms with E-state index in [1.165, 1.54) is 6.92 Å². The molecule has 0 saturated heterocycles. The lowest BCUT2D eigenvalue weighted by Gasteiger charge is -2.06. The number of hydrogen-bond donors (Lipinski definition) is 0. The van der Waals surface area contributed by atoms with Crippen molar-refractivity contribution in [3.63, 3.8) is 0 Å². The van der Waals surface area contributed by atoms with Crippen LogP contribution in [0.2, 0.25) is 0 Å². The van der Waals surface area contributed by atoms with Crippen molar-refractivity contribution < 1.29 is 8.78 Å². The molecule has 0 amide bonds. The summed E-state index contributed by atoms with van der Waals surface area (Å²) < 4.78 is 24.7. The van der Waals surface area contributed by atoms with Gasteiger partial charge in [-0.25, -0.2) is 8.78 Å². The van der Waals surface area contributed by atoms with Crippen molar-refractivity contribution in [2.24, 2.45) is 0 Å². The van der Waals surface area contributed by atoms with Gasteiger partial charge in [-0.1, -0.05) is 0 Å². The highest BCUT2D eigenvalue weighted by atomic mass is 19.3. The van der Waals surface area contributed by atoms with Crippen LogP contribution in [-0.2, 0) is 6.42 Å². The van der Waals surface area contributed by atoms with E-state index in [9.17, 15) is 8.78 Å². The van der Waals surface area contributed by atoms with Gasteiger partial charge in [0.25, 0.3) is 6.43 Å². The summed E-state index contributed by atoms with van der Waals surface area (Å²) in [7, 11) is 0. The van der Waals surface area contributed by atoms with Crippen molar-refractivity contribution in [1.29, 1.82) is 10.5 Å². The van der Waals surface area contributed by atoms with Crippen molar-refractivity contribution in [2.75, 3.05) is 0 Å². The molecule has 0 radical (unpaired) electrons. The molecule has 0 unspecified atom stereocenters. The number of pyridine rings is 1. The second-order valence-corrected chi connectivity index (χ2v) is 2.91. The van der Waals surface area contributed by atoms with E-state index in [0.29, 0.717) is 11.3 Å². The van der Waals surface area contributed by atoms with Crippen molar-refractivity contribution in [3.05, 3.63) is 28.6 Å². The molecule has 0 N–H and O–H groups in total. The normalized spacial score (nSPS) is 9.73. The molecule has 76 valence electrons. The van der Waals surface area contributed by atoms with E-state index in [0.717, 1.165) is 6.07 Å². The number of hydrogen-bond acceptors (Lipinski definition) is 3. The highest BCUT2D eigenvalue weighted by Crippen LogP contribution is 2.21. The van der Waals surface area contributed by atoms with Gasteiger partial charge in [-0.3, -0.25) is 4.98 Å². The first-order valence-electron chi connectivity index (χ1n) is 4.15. The average Bonchev–Trinajstić information content (AvgIpc) is 2.20. The maximum absolute atomic E-state index is 12.3. The summed E-state index contributed by atoms with van der Waals surface area (Å²) in [5.41, 5.74) is 0.403. The molecule has 0 aliphatic carbocycles. The zero-order valence-electron chi connectivity index (χ0n) is 7.96. The zero-order chi connectivity index (χ0) is 11.4. The Morgan fingerprint density at radius 1 is 1.47 bits per heavy atom. The Morgan fingerprint density at radius 2 is 2.13 bits per heavy atom. The molecule has 0 aliphatic heterocycles. The second kappa shape index (κ2) is 4.47. The molecular weight excluding hydrogens is 200 g/mol. The van der Waals surface area contributed by atoms with Gasteiger partial charge in [0.05, 0.1) is 24.1 Å². The predicted octanol–water partition coefficient (Wildman–Crippen LogP) is 2.27. The highest BCUT2D eigenvalue weighted by molar-refractivity contribution is 5.42. The zero-order valence-corrected chi connectivity index (χ0v) is 7.96. The van der Waals surface area contributed by atoms with Gasteiger partial charge in [0.1, 0.15) is 5.69 Å². The smallest absolute Gasteiger partial charge is 0.252 e. The van der Waals surface area contributed by atoms with Crippen LogP contribution < -0.4 is 0 Å². The molecule has 0 saturated carbocycles. The SMILES string of the molecule is Cc1nc(C(F)F)cc(C#N)c1CC#N. The van der Waals surface area contributed by atoms with E-state index in [1.807, 2.05) is 6.07 Å². The fourth-order valence-corrected chi connectivity index (χ4v) is 1.24. The number of halogens is 2. The van der Waals surface area contributed by atoms with Gasteiger partial charge in [-0.15, -0.1) is 0 Å². The van der Waals surface area contributed by atoms with E-state index >= 15 is 0 Å². The number of nitrogens with zero attached hydrogens (tertiary/aromatic N) is 3. The third-order valence-corrected chi connectivity index (χ3v) is 1.95. The van der Waals surface area contributed by atoms with Crippen LogP contribution in [0.1, 0.15) is 28.9 Å². The number of alkyl halides is 2. The van der Waals surface area contributed by atoms with Gasteiger partial charge >= 0.3 is 0 Å². The lowest BCUT2D eigenvalue weighted by molar-refractivity contribution is 0.146. The molecule has 0 bridgehead atoms. The Kier molecular flexibility index (Phi) is 3.30. The molecule has 0 atom stereocenters. The molecule has 3 nitrogen and oxygen atoms in total. The Balaban J connectivity index is 3.33. The minimum Gasteiger partial charge on any atom is -0.252 e. The van der Waals surface area contributed by atoms with Crippen LogP contribution >= 0.6 is 0 Å². The fourth-order valence-electron chi connectivity index (χ4n) is 1.24. The van der Waals surface area contributed by atoms with Gasteiger partial charge < -0.3 is 0 Å². The molecule has 0 aromatic carbocycles. The van der Waals surface area contributed by atoms with Crippen LogP contribution in [0.15, 0.2) is 6.07 Å². The molecular formula is C10H7F2N3. The number of aromatic nitrogens is 1. The van der Waals surface area contributed by atoms with Gasteiger partial charge in [0.2, 0.25) is 0 Å². The monoisotopic (exact) mass is 207 g/mol. The van der Waals surface area contributed by atoms with Crippen LogP contribution in [0.5, 0.6) is 0 Å². The lowest BCUT2D eigenvalue weighted by atomic mass is 10.0. The molecule has 0 aliphatic rings. The van der Waals surface area contributed by atoms with E-state index in [2.05, 4.69) is 4.98 Å². The first-order chi connectivity index (χ1) is 7.10. The molecule has 0 spiro atoms. The van der Waals surface area contributed by atoms with E-state index in [1.54, 1.807) is 6.07 Å². The van der Waals surface area contributed by atoms with Crippen LogP contribution in [-0.4, -0.2) is 4.98 Å². The van der Waals surface area contributed by atoms with E-state index in [-0.39, 0.29) is 12.0 Å². The first-order valence-corrected chi connectivity index (χ1v) is 4.15. The summed E-state index contributed by atoms with van der Waals surface area (Å²) in [6.45, 7) is 1.51. The summed E-state index contributed by atoms with van der Waals surface area (Å²) in [5, 5.41) is 17.3. The van der Waals surface area contributed by atoms with Crippen molar-refractivity contribution in [1.82, 2.24) is 4.98 Å². The summed E-state index contributed by atoms with van der Waals surface area (Å²) in [4.78, 5) is 3.65. The third kappa shape index (κ3) is 2.26. The Bertz CT molecular complexity index is 455. The Hall–Kier alpha value is -2.01. The van der Waals surface area contributed by atoms with Crippen molar-refractivity contribution in [2.45, 2.75) is 19.8 Å². The van der Waals surface area contributed by atoms with Gasteiger partial charge in [0.15, 0.2) is 0 Å². The number of nitriles is 2. The van der Waals surface area contributed by atoms with Crippen LogP contribution in [0.3, 0.4) is 0 Å².